The van der Waals surface area contributed by atoms with Gasteiger partial charge in [-0.05, 0) is 57.1 Å². The standard InChI is InChI=1S/C11H13Br2N3O2S/c1-3-14-11(19)16-15-5-6-4-7(18-2)10(17)9(13)8(6)12/h4-5,17H,3H2,1-2H3,(H2,14,16,19)/b15-5+. The number of benzene rings is 1. The van der Waals surface area contributed by atoms with Crippen LogP contribution in [0.3, 0.4) is 0 Å². The molecule has 0 aliphatic heterocycles. The number of phenols is 1. The van der Waals surface area contributed by atoms with E-state index in [0.717, 1.165) is 12.1 Å². The highest BCUT2D eigenvalue weighted by Gasteiger charge is 2.13. The SMILES string of the molecule is CCNC(=S)N/N=C/c1cc(OC)c(O)c(Br)c1Br. The highest BCUT2D eigenvalue weighted by molar-refractivity contribution is 9.13. The highest BCUT2D eigenvalue weighted by atomic mass is 79.9. The van der Waals surface area contributed by atoms with Crippen LogP contribution in [0.25, 0.3) is 0 Å². The van der Waals surface area contributed by atoms with E-state index >= 15 is 0 Å². The van der Waals surface area contributed by atoms with Crippen LogP contribution in [0.5, 0.6) is 11.5 Å². The third-order valence-electron chi connectivity index (χ3n) is 2.10. The largest absolute Gasteiger partial charge is 0.503 e. The van der Waals surface area contributed by atoms with Gasteiger partial charge in [-0.15, -0.1) is 0 Å². The molecule has 1 aromatic carbocycles. The number of ether oxygens (including phenoxy) is 1. The number of phenolic OH excluding ortho intramolecular Hbond substituents is 1. The van der Waals surface area contributed by atoms with Gasteiger partial charge < -0.3 is 15.2 Å². The molecule has 0 unspecified atom stereocenters. The maximum atomic E-state index is 9.79. The fourth-order valence-electron chi connectivity index (χ4n) is 1.22. The summed E-state index contributed by atoms with van der Waals surface area (Å²) in [5.41, 5.74) is 3.41. The van der Waals surface area contributed by atoms with E-state index in [1.54, 1.807) is 12.3 Å². The maximum absolute atomic E-state index is 9.79. The zero-order chi connectivity index (χ0) is 14.4. The predicted molar refractivity (Wildman–Crippen MR) is 87.1 cm³/mol. The summed E-state index contributed by atoms with van der Waals surface area (Å²) in [6.45, 7) is 2.67. The molecule has 1 aromatic rings. The van der Waals surface area contributed by atoms with E-state index < -0.39 is 0 Å². The van der Waals surface area contributed by atoms with Gasteiger partial charge in [-0.2, -0.15) is 5.10 Å². The van der Waals surface area contributed by atoms with Crippen LogP contribution < -0.4 is 15.5 Å². The lowest BCUT2D eigenvalue weighted by Crippen LogP contribution is -2.31. The topological polar surface area (TPSA) is 65.9 Å². The lowest BCUT2D eigenvalue weighted by molar-refractivity contribution is 0.371. The van der Waals surface area contributed by atoms with Gasteiger partial charge in [0, 0.05) is 16.6 Å². The van der Waals surface area contributed by atoms with E-state index in [0.29, 0.717) is 19.8 Å². The van der Waals surface area contributed by atoms with Crippen LogP contribution in [-0.4, -0.2) is 30.1 Å². The van der Waals surface area contributed by atoms with E-state index in [4.69, 9.17) is 17.0 Å². The molecule has 0 amide bonds. The van der Waals surface area contributed by atoms with Gasteiger partial charge in [-0.25, -0.2) is 0 Å². The Hall–Kier alpha value is -0.860. The van der Waals surface area contributed by atoms with Gasteiger partial charge in [0.2, 0.25) is 0 Å². The van der Waals surface area contributed by atoms with Gasteiger partial charge >= 0.3 is 0 Å². The van der Waals surface area contributed by atoms with Crippen molar-refractivity contribution in [2.75, 3.05) is 13.7 Å². The summed E-state index contributed by atoms with van der Waals surface area (Å²) in [5, 5.41) is 17.1. The van der Waals surface area contributed by atoms with E-state index in [1.165, 1.54) is 7.11 Å². The fourth-order valence-corrected chi connectivity index (χ4v) is 2.25. The molecule has 0 atom stereocenters. The molecule has 3 N–H and O–H groups in total. The minimum absolute atomic E-state index is 0.0302. The zero-order valence-electron chi connectivity index (χ0n) is 10.3. The van der Waals surface area contributed by atoms with Crippen molar-refractivity contribution in [2.45, 2.75) is 6.92 Å². The highest BCUT2D eigenvalue weighted by Crippen LogP contribution is 2.41. The Morgan fingerprint density at radius 2 is 2.21 bits per heavy atom. The number of rotatable bonds is 4. The molecule has 0 fully saturated rings. The molecule has 5 nitrogen and oxygen atoms in total. The average Bonchev–Trinajstić information content (AvgIpc) is 2.39. The van der Waals surface area contributed by atoms with E-state index in [2.05, 4.69) is 47.7 Å². The molecule has 0 aliphatic carbocycles. The summed E-state index contributed by atoms with van der Waals surface area (Å²) < 4.78 is 6.24. The molecular weight excluding hydrogens is 398 g/mol. The molecule has 8 heteroatoms. The van der Waals surface area contributed by atoms with Crippen molar-refractivity contribution in [1.82, 2.24) is 10.7 Å². The van der Waals surface area contributed by atoms with Crippen LogP contribution in [0.15, 0.2) is 20.1 Å². The molecule has 1 rings (SSSR count). The normalized spacial score (nSPS) is 10.5. The Kier molecular flexibility index (Phi) is 6.53. The molecule has 0 spiro atoms. The Morgan fingerprint density at radius 3 is 2.79 bits per heavy atom. The van der Waals surface area contributed by atoms with E-state index in [-0.39, 0.29) is 5.75 Å². The van der Waals surface area contributed by atoms with Crippen molar-refractivity contribution in [2.24, 2.45) is 5.10 Å². The first kappa shape index (κ1) is 16.2. The van der Waals surface area contributed by atoms with Crippen LogP contribution in [0, 0.1) is 0 Å². The number of aromatic hydroxyl groups is 1. The second-order valence-electron chi connectivity index (χ2n) is 3.37. The van der Waals surface area contributed by atoms with Gasteiger partial charge in [-0.1, -0.05) is 0 Å². The number of nitrogens with zero attached hydrogens (tertiary/aromatic N) is 1. The number of hydrogen-bond donors (Lipinski definition) is 3. The summed E-state index contributed by atoms with van der Waals surface area (Å²) in [6.07, 6.45) is 1.57. The smallest absolute Gasteiger partial charge is 0.186 e. The minimum atomic E-state index is 0.0302. The summed E-state index contributed by atoms with van der Waals surface area (Å²) in [4.78, 5) is 0. The average molecular weight is 411 g/mol. The first-order valence-corrected chi connectivity index (χ1v) is 7.32. The third-order valence-corrected chi connectivity index (χ3v) is 4.50. The second kappa shape index (κ2) is 7.66. The van der Waals surface area contributed by atoms with Crippen molar-refractivity contribution >= 4 is 55.4 Å². The number of thiocarbonyl (C=S) groups is 1. The van der Waals surface area contributed by atoms with Crippen LogP contribution >= 0.6 is 44.1 Å². The summed E-state index contributed by atoms with van der Waals surface area (Å²) in [6, 6.07) is 1.66. The number of hydrazone groups is 1. The van der Waals surface area contributed by atoms with Crippen LogP contribution in [0.4, 0.5) is 0 Å². The molecule has 0 saturated carbocycles. The minimum Gasteiger partial charge on any atom is -0.503 e. The summed E-state index contributed by atoms with van der Waals surface area (Å²) in [7, 11) is 1.48. The Morgan fingerprint density at radius 1 is 1.53 bits per heavy atom. The number of nitrogens with one attached hydrogen (secondary N) is 2. The van der Waals surface area contributed by atoms with Gasteiger partial charge in [0.25, 0.3) is 0 Å². The van der Waals surface area contributed by atoms with Gasteiger partial charge in [0.15, 0.2) is 16.6 Å². The van der Waals surface area contributed by atoms with Crippen LogP contribution in [-0.2, 0) is 0 Å². The number of hydrogen-bond acceptors (Lipinski definition) is 4. The van der Waals surface area contributed by atoms with Crippen molar-refractivity contribution in [3.05, 3.63) is 20.6 Å². The van der Waals surface area contributed by atoms with E-state index in [9.17, 15) is 5.11 Å². The lowest BCUT2D eigenvalue weighted by atomic mass is 10.2. The van der Waals surface area contributed by atoms with Crippen molar-refractivity contribution in [3.63, 3.8) is 0 Å². The Labute approximate surface area is 133 Å². The lowest BCUT2D eigenvalue weighted by Gasteiger charge is -2.09. The molecule has 19 heavy (non-hydrogen) atoms. The quantitative estimate of drug-likeness (QED) is 0.404. The molecule has 0 aromatic heterocycles. The second-order valence-corrected chi connectivity index (χ2v) is 5.37. The molecule has 0 aliphatic rings. The van der Waals surface area contributed by atoms with Crippen molar-refractivity contribution in [1.29, 1.82) is 0 Å². The van der Waals surface area contributed by atoms with Gasteiger partial charge in [0.1, 0.15) is 0 Å². The monoisotopic (exact) mass is 409 g/mol. The van der Waals surface area contributed by atoms with E-state index in [1.807, 2.05) is 6.92 Å². The van der Waals surface area contributed by atoms with Gasteiger partial charge in [-0.3, -0.25) is 5.43 Å². The predicted octanol–water partition coefficient (Wildman–Crippen LogP) is 2.74. The molecule has 0 bridgehead atoms. The van der Waals surface area contributed by atoms with Crippen LogP contribution in [0.2, 0.25) is 0 Å². The maximum Gasteiger partial charge on any atom is 0.186 e. The fraction of sp³-hybridized carbons (Fsp3) is 0.273. The summed E-state index contributed by atoms with van der Waals surface area (Å²) >= 11 is 11.6. The Bertz CT molecular complexity index is 509. The third kappa shape index (κ3) is 4.32. The zero-order valence-corrected chi connectivity index (χ0v) is 14.3. The van der Waals surface area contributed by atoms with Crippen molar-refractivity contribution < 1.29 is 9.84 Å². The molecule has 0 radical (unpaired) electrons. The summed E-state index contributed by atoms with van der Waals surface area (Å²) in [5.74, 6) is 0.383. The first-order valence-electron chi connectivity index (χ1n) is 5.33. The molecule has 104 valence electrons. The van der Waals surface area contributed by atoms with Crippen molar-refractivity contribution in [3.8, 4) is 11.5 Å². The molecular formula is C11H13Br2N3O2S. The first-order chi connectivity index (χ1) is 9.01. The Balaban J connectivity index is 2.92. The number of methoxy groups -OCH3 is 1. The van der Waals surface area contributed by atoms with Gasteiger partial charge in [0.05, 0.1) is 17.8 Å². The molecule has 0 heterocycles. The number of halogens is 2. The van der Waals surface area contributed by atoms with Crippen LogP contribution in [0.1, 0.15) is 12.5 Å². The molecule has 0 saturated heterocycles.